The molecule has 0 atom stereocenters. The van der Waals surface area contributed by atoms with Crippen molar-refractivity contribution in [2.24, 2.45) is 5.41 Å². The first-order valence-corrected chi connectivity index (χ1v) is 9.98. The van der Waals surface area contributed by atoms with E-state index >= 15 is 0 Å². The Morgan fingerprint density at radius 2 is 1.42 bits per heavy atom. The van der Waals surface area contributed by atoms with Crippen LogP contribution < -0.4 is 0 Å². The lowest BCUT2D eigenvalue weighted by molar-refractivity contribution is -0.106. The summed E-state index contributed by atoms with van der Waals surface area (Å²) < 4.78 is 11.0. The third-order valence-electron chi connectivity index (χ3n) is 5.08. The van der Waals surface area contributed by atoms with Crippen molar-refractivity contribution in [3.05, 3.63) is 35.9 Å². The van der Waals surface area contributed by atoms with Crippen LogP contribution in [0.1, 0.15) is 76.7 Å². The Balaban J connectivity index is 1.27. The molecule has 0 aliphatic carbocycles. The molecule has 0 aromatic heterocycles. The highest BCUT2D eigenvalue weighted by molar-refractivity contribution is 5.13. The van der Waals surface area contributed by atoms with Crippen LogP contribution in [0, 0.1) is 5.41 Å². The zero-order chi connectivity index (χ0) is 16.9. The molecular weight excluding hydrogens is 296 g/mol. The van der Waals surface area contributed by atoms with Crippen LogP contribution in [0.15, 0.2) is 30.3 Å². The maximum Gasteiger partial charge on any atom is 0.0716 e. The predicted octanol–water partition coefficient (Wildman–Crippen LogP) is 6.14. The third kappa shape index (κ3) is 8.30. The summed E-state index contributed by atoms with van der Waals surface area (Å²) in [7, 11) is 0. The van der Waals surface area contributed by atoms with E-state index in [-0.39, 0.29) is 0 Å². The molecule has 0 amide bonds. The van der Waals surface area contributed by atoms with Crippen molar-refractivity contribution < 1.29 is 9.47 Å². The van der Waals surface area contributed by atoms with Crippen LogP contribution >= 0.6 is 0 Å². The minimum Gasteiger partial charge on any atom is -0.380 e. The molecule has 136 valence electrons. The quantitative estimate of drug-likeness (QED) is 0.381. The molecule has 1 aliphatic heterocycles. The molecule has 1 fully saturated rings. The number of benzene rings is 1. The molecule has 0 N–H and O–H groups in total. The van der Waals surface area contributed by atoms with E-state index in [0.717, 1.165) is 26.4 Å². The number of hydrogen-bond acceptors (Lipinski definition) is 2. The van der Waals surface area contributed by atoms with Crippen molar-refractivity contribution in [3.8, 4) is 0 Å². The van der Waals surface area contributed by atoms with E-state index in [0.29, 0.717) is 5.41 Å². The van der Waals surface area contributed by atoms with Gasteiger partial charge in [0.05, 0.1) is 19.8 Å². The van der Waals surface area contributed by atoms with Gasteiger partial charge in [0, 0.05) is 12.0 Å². The highest BCUT2D eigenvalue weighted by Gasteiger charge is 2.32. The maximum atomic E-state index is 5.72. The van der Waals surface area contributed by atoms with Gasteiger partial charge >= 0.3 is 0 Å². The Morgan fingerprint density at radius 1 is 0.833 bits per heavy atom. The minimum atomic E-state index is 0.516. The summed E-state index contributed by atoms with van der Waals surface area (Å²) in [4.78, 5) is 0. The Morgan fingerprint density at radius 3 is 2.00 bits per heavy atom. The van der Waals surface area contributed by atoms with E-state index in [9.17, 15) is 0 Å². The van der Waals surface area contributed by atoms with E-state index in [1.54, 1.807) is 0 Å². The lowest BCUT2D eigenvalue weighted by Gasteiger charge is -2.38. The normalized spacial score (nSPS) is 16.0. The van der Waals surface area contributed by atoms with Crippen molar-refractivity contribution in [2.45, 2.75) is 77.7 Å². The molecule has 2 nitrogen and oxygen atoms in total. The molecule has 1 aromatic rings. The molecule has 2 rings (SSSR count). The first-order valence-electron chi connectivity index (χ1n) is 9.98. The molecule has 24 heavy (non-hydrogen) atoms. The van der Waals surface area contributed by atoms with Crippen LogP contribution in [0.5, 0.6) is 0 Å². The van der Waals surface area contributed by atoms with Crippen LogP contribution in [0.3, 0.4) is 0 Å². The van der Waals surface area contributed by atoms with Gasteiger partial charge in [-0.25, -0.2) is 0 Å². The molecule has 2 heteroatoms. The van der Waals surface area contributed by atoms with E-state index in [4.69, 9.17) is 9.47 Å². The average Bonchev–Trinajstić information content (AvgIpc) is 2.58. The van der Waals surface area contributed by atoms with Gasteiger partial charge in [-0.1, -0.05) is 88.6 Å². The van der Waals surface area contributed by atoms with Gasteiger partial charge in [-0.3, -0.25) is 0 Å². The highest BCUT2D eigenvalue weighted by Crippen LogP contribution is 2.32. The molecule has 1 aliphatic rings. The summed E-state index contributed by atoms with van der Waals surface area (Å²) in [5, 5.41) is 0. The van der Waals surface area contributed by atoms with Gasteiger partial charge in [-0.15, -0.1) is 0 Å². The molecule has 1 heterocycles. The van der Waals surface area contributed by atoms with Crippen LogP contribution in [0.2, 0.25) is 0 Å². The molecule has 0 bridgehead atoms. The van der Waals surface area contributed by atoms with Gasteiger partial charge in [0.15, 0.2) is 0 Å². The number of unbranched alkanes of at least 4 members (excludes halogenated alkanes) is 8. The van der Waals surface area contributed by atoms with E-state index in [2.05, 4.69) is 31.2 Å². The Kier molecular flexibility index (Phi) is 9.45. The Labute approximate surface area is 148 Å². The van der Waals surface area contributed by atoms with Gasteiger partial charge in [0.25, 0.3) is 0 Å². The summed E-state index contributed by atoms with van der Waals surface area (Å²) in [5.74, 6) is 0. The zero-order valence-corrected chi connectivity index (χ0v) is 15.6. The number of ether oxygens (including phenoxy) is 2. The fraction of sp³-hybridized carbons (Fsp3) is 0.727. The standard InChI is InChI=1S/C22H36O2/c1-22(19-24-20-22)16-12-7-5-3-2-4-6-8-13-17-23-18-21-14-10-9-11-15-21/h9-11,14-15H,2-8,12-13,16-20H2,1H3. The second-order valence-corrected chi connectivity index (χ2v) is 7.77. The number of rotatable bonds is 14. The zero-order valence-electron chi connectivity index (χ0n) is 15.6. The topological polar surface area (TPSA) is 18.5 Å². The van der Waals surface area contributed by atoms with Crippen molar-refractivity contribution in [2.75, 3.05) is 19.8 Å². The average molecular weight is 333 g/mol. The summed E-state index contributed by atoms with van der Waals surface area (Å²) in [6.07, 6.45) is 13.7. The minimum absolute atomic E-state index is 0.516. The van der Waals surface area contributed by atoms with Gasteiger partial charge in [0.2, 0.25) is 0 Å². The SMILES string of the molecule is CC1(CCCCCCCCCCCOCc2ccccc2)COC1. The Hall–Kier alpha value is -0.860. The maximum absolute atomic E-state index is 5.72. The largest absolute Gasteiger partial charge is 0.380 e. The molecule has 0 unspecified atom stereocenters. The molecule has 0 spiro atoms. The molecule has 1 saturated heterocycles. The van der Waals surface area contributed by atoms with Crippen molar-refractivity contribution in [3.63, 3.8) is 0 Å². The fourth-order valence-electron chi connectivity index (χ4n) is 3.35. The van der Waals surface area contributed by atoms with Crippen LogP contribution in [-0.4, -0.2) is 19.8 Å². The predicted molar refractivity (Wildman–Crippen MR) is 101 cm³/mol. The Bertz CT molecular complexity index is 411. The van der Waals surface area contributed by atoms with Crippen molar-refractivity contribution in [1.82, 2.24) is 0 Å². The molecule has 0 saturated carbocycles. The summed E-state index contributed by atoms with van der Waals surface area (Å²) in [5.41, 5.74) is 1.79. The van der Waals surface area contributed by atoms with Crippen LogP contribution in [0.25, 0.3) is 0 Å². The fourth-order valence-corrected chi connectivity index (χ4v) is 3.35. The summed E-state index contributed by atoms with van der Waals surface area (Å²) >= 11 is 0. The lowest BCUT2D eigenvalue weighted by Crippen LogP contribution is -2.39. The smallest absolute Gasteiger partial charge is 0.0716 e. The van der Waals surface area contributed by atoms with Crippen molar-refractivity contribution in [1.29, 1.82) is 0 Å². The lowest BCUT2D eigenvalue weighted by atomic mass is 9.83. The second kappa shape index (κ2) is 11.7. The van der Waals surface area contributed by atoms with Crippen molar-refractivity contribution >= 4 is 0 Å². The van der Waals surface area contributed by atoms with Crippen LogP contribution in [-0.2, 0) is 16.1 Å². The van der Waals surface area contributed by atoms with Crippen LogP contribution in [0.4, 0.5) is 0 Å². The summed E-state index contributed by atoms with van der Waals surface area (Å²) in [6, 6.07) is 10.4. The molecular formula is C22H36O2. The second-order valence-electron chi connectivity index (χ2n) is 7.77. The van der Waals surface area contributed by atoms with E-state index < -0.39 is 0 Å². The van der Waals surface area contributed by atoms with Gasteiger partial charge in [-0.05, 0) is 18.4 Å². The first kappa shape index (κ1) is 19.5. The van der Waals surface area contributed by atoms with Gasteiger partial charge in [0.1, 0.15) is 0 Å². The third-order valence-corrected chi connectivity index (χ3v) is 5.08. The van der Waals surface area contributed by atoms with E-state index in [1.165, 1.54) is 69.8 Å². The number of hydrogen-bond donors (Lipinski definition) is 0. The highest BCUT2D eigenvalue weighted by atomic mass is 16.5. The monoisotopic (exact) mass is 332 g/mol. The first-order chi connectivity index (χ1) is 11.8. The summed E-state index contributed by atoms with van der Waals surface area (Å²) in [6.45, 7) is 5.99. The van der Waals surface area contributed by atoms with Gasteiger partial charge < -0.3 is 9.47 Å². The van der Waals surface area contributed by atoms with Gasteiger partial charge in [-0.2, -0.15) is 0 Å². The molecule has 0 radical (unpaired) electrons. The van der Waals surface area contributed by atoms with E-state index in [1.807, 2.05) is 6.07 Å². The molecule has 1 aromatic carbocycles.